The number of aliphatic hydroxyl groups excluding tert-OH is 1. The minimum absolute atomic E-state index is 0.0317. The molecule has 0 aliphatic carbocycles. The molecule has 2 rings (SSSR count). The largest absolute Gasteiger partial charge is 0.478 e. The summed E-state index contributed by atoms with van der Waals surface area (Å²) in [5.74, 6) is -1.25. The van der Waals surface area contributed by atoms with Crippen molar-refractivity contribution in [2.45, 2.75) is 17.9 Å². The second-order valence-electron chi connectivity index (χ2n) is 4.63. The van der Waals surface area contributed by atoms with E-state index in [2.05, 4.69) is 0 Å². The van der Waals surface area contributed by atoms with Gasteiger partial charge in [0.15, 0.2) is 0 Å². The molecular weight excluding hydrogens is 318 g/mol. The van der Waals surface area contributed by atoms with Crippen molar-refractivity contribution < 1.29 is 23.4 Å². The normalized spacial score (nSPS) is 19.1. The Balaban J connectivity index is 2.58. The fraction of sp³-hybridized carbons (Fsp3) is 0.308. The lowest BCUT2D eigenvalue weighted by molar-refractivity contribution is 0.0695. The van der Waals surface area contributed by atoms with E-state index in [9.17, 15) is 18.3 Å². The van der Waals surface area contributed by atoms with Gasteiger partial charge in [-0.3, -0.25) is 0 Å². The molecule has 1 heterocycles. The SMILES string of the molecule is Cc1c(C(=O)O)cc(Cl)cc1S(=O)(=O)N1CC=CC1CO. The molecule has 0 aromatic heterocycles. The van der Waals surface area contributed by atoms with Crippen LogP contribution in [-0.4, -0.2) is 48.1 Å². The summed E-state index contributed by atoms with van der Waals surface area (Å²) in [6.45, 7) is 1.20. The van der Waals surface area contributed by atoms with Gasteiger partial charge in [0.1, 0.15) is 0 Å². The molecule has 8 heteroatoms. The summed E-state index contributed by atoms with van der Waals surface area (Å²) in [5.41, 5.74) is -0.0377. The first-order chi connectivity index (χ1) is 9.78. The third kappa shape index (κ3) is 2.82. The number of aliphatic hydroxyl groups is 1. The van der Waals surface area contributed by atoms with E-state index in [-0.39, 0.29) is 34.2 Å². The molecule has 114 valence electrons. The molecule has 0 amide bonds. The Kier molecular flexibility index (Phi) is 4.38. The number of carboxylic acids is 1. The Morgan fingerprint density at radius 1 is 1.48 bits per heavy atom. The van der Waals surface area contributed by atoms with E-state index < -0.39 is 22.0 Å². The number of aromatic carboxylic acids is 1. The number of hydrogen-bond acceptors (Lipinski definition) is 4. The zero-order chi connectivity index (χ0) is 15.8. The number of halogens is 1. The molecule has 2 N–H and O–H groups in total. The van der Waals surface area contributed by atoms with Crippen molar-refractivity contribution in [2.24, 2.45) is 0 Å². The number of carbonyl (C=O) groups is 1. The van der Waals surface area contributed by atoms with Gasteiger partial charge >= 0.3 is 5.97 Å². The maximum Gasteiger partial charge on any atom is 0.336 e. The molecule has 1 atom stereocenters. The summed E-state index contributed by atoms with van der Waals surface area (Å²) in [7, 11) is -3.95. The lowest BCUT2D eigenvalue weighted by atomic mass is 10.1. The van der Waals surface area contributed by atoms with Gasteiger partial charge in [0.05, 0.1) is 23.1 Å². The van der Waals surface area contributed by atoms with E-state index in [0.717, 1.165) is 4.31 Å². The van der Waals surface area contributed by atoms with E-state index in [4.69, 9.17) is 16.7 Å². The van der Waals surface area contributed by atoms with Crippen LogP contribution >= 0.6 is 11.6 Å². The van der Waals surface area contributed by atoms with Crippen LogP contribution in [0.1, 0.15) is 15.9 Å². The average Bonchev–Trinajstić information content (AvgIpc) is 2.89. The van der Waals surface area contributed by atoms with E-state index in [1.165, 1.54) is 19.1 Å². The maximum absolute atomic E-state index is 12.7. The topological polar surface area (TPSA) is 94.9 Å². The van der Waals surface area contributed by atoms with Gasteiger partial charge in [0.2, 0.25) is 10.0 Å². The third-order valence-corrected chi connectivity index (χ3v) is 5.58. The fourth-order valence-corrected chi connectivity index (χ4v) is 4.34. The number of hydrogen-bond donors (Lipinski definition) is 2. The van der Waals surface area contributed by atoms with Crippen LogP contribution in [0, 0.1) is 6.92 Å². The summed E-state index contributed by atoms with van der Waals surface area (Å²) >= 11 is 5.84. The number of sulfonamides is 1. The van der Waals surface area contributed by atoms with Gasteiger partial charge in [-0.15, -0.1) is 0 Å². The Morgan fingerprint density at radius 2 is 2.14 bits per heavy atom. The highest BCUT2D eigenvalue weighted by Crippen LogP contribution is 2.29. The van der Waals surface area contributed by atoms with E-state index in [1.54, 1.807) is 12.2 Å². The van der Waals surface area contributed by atoms with Gasteiger partial charge in [-0.25, -0.2) is 13.2 Å². The number of rotatable bonds is 4. The molecule has 1 aromatic carbocycles. The first-order valence-corrected chi connectivity index (χ1v) is 7.93. The number of nitrogens with zero attached hydrogens (tertiary/aromatic N) is 1. The molecular formula is C13H14ClNO5S. The average molecular weight is 332 g/mol. The number of carboxylic acid groups (broad SMARTS) is 1. The molecule has 0 fully saturated rings. The summed E-state index contributed by atoms with van der Waals surface area (Å²) in [6.07, 6.45) is 3.23. The Bertz CT molecular complexity index is 714. The predicted octanol–water partition coefficient (Wildman–Crippen LogP) is 1.27. The number of benzene rings is 1. The molecule has 1 aliphatic heterocycles. The van der Waals surface area contributed by atoms with Crippen LogP contribution in [0.4, 0.5) is 0 Å². The first kappa shape index (κ1) is 16.0. The van der Waals surface area contributed by atoms with Crippen LogP contribution in [0.25, 0.3) is 0 Å². The molecule has 1 aromatic rings. The molecule has 0 spiro atoms. The zero-order valence-electron chi connectivity index (χ0n) is 11.2. The summed E-state index contributed by atoms with van der Waals surface area (Å²) in [6, 6.07) is 1.79. The van der Waals surface area contributed by atoms with Crippen molar-refractivity contribution in [3.8, 4) is 0 Å². The second kappa shape index (κ2) is 5.76. The van der Waals surface area contributed by atoms with Crippen molar-refractivity contribution >= 4 is 27.6 Å². The minimum Gasteiger partial charge on any atom is -0.478 e. The van der Waals surface area contributed by atoms with E-state index >= 15 is 0 Å². The zero-order valence-corrected chi connectivity index (χ0v) is 12.7. The highest BCUT2D eigenvalue weighted by Gasteiger charge is 2.34. The highest BCUT2D eigenvalue weighted by molar-refractivity contribution is 7.89. The molecule has 1 unspecified atom stereocenters. The third-order valence-electron chi connectivity index (χ3n) is 3.34. The fourth-order valence-electron chi connectivity index (χ4n) is 2.25. The smallest absolute Gasteiger partial charge is 0.336 e. The van der Waals surface area contributed by atoms with Crippen LogP contribution in [0.15, 0.2) is 29.2 Å². The van der Waals surface area contributed by atoms with Gasteiger partial charge in [-0.1, -0.05) is 23.8 Å². The Labute approximate surface area is 127 Å². The van der Waals surface area contributed by atoms with Crippen molar-refractivity contribution in [1.82, 2.24) is 4.31 Å². The van der Waals surface area contributed by atoms with Crippen molar-refractivity contribution in [3.63, 3.8) is 0 Å². The quantitative estimate of drug-likeness (QED) is 0.810. The van der Waals surface area contributed by atoms with Crippen molar-refractivity contribution in [3.05, 3.63) is 40.4 Å². The van der Waals surface area contributed by atoms with E-state index in [0.29, 0.717) is 0 Å². The monoisotopic (exact) mass is 331 g/mol. The lowest BCUT2D eigenvalue weighted by Gasteiger charge is -2.23. The van der Waals surface area contributed by atoms with Gasteiger partial charge in [0, 0.05) is 11.6 Å². The molecule has 1 aliphatic rings. The standard InChI is InChI=1S/C13H14ClNO5S/c1-8-11(13(17)18)5-9(14)6-12(8)21(19,20)15-4-2-3-10(15)7-16/h2-3,5-6,10,16H,4,7H2,1H3,(H,17,18). The van der Waals surface area contributed by atoms with E-state index in [1.807, 2.05) is 0 Å². The molecule has 0 radical (unpaired) electrons. The molecule has 6 nitrogen and oxygen atoms in total. The molecule has 0 saturated carbocycles. The summed E-state index contributed by atoms with van der Waals surface area (Å²) < 4.78 is 26.5. The van der Waals surface area contributed by atoms with Gasteiger partial charge in [0.25, 0.3) is 0 Å². The Hall–Kier alpha value is -1.41. The van der Waals surface area contributed by atoms with Crippen LogP contribution in [0.5, 0.6) is 0 Å². The highest BCUT2D eigenvalue weighted by atomic mass is 35.5. The van der Waals surface area contributed by atoms with Crippen molar-refractivity contribution in [2.75, 3.05) is 13.2 Å². The molecule has 21 heavy (non-hydrogen) atoms. The van der Waals surface area contributed by atoms with Gasteiger partial charge < -0.3 is 10.2 Å². The predicted molar refractivity (Wildman–Crippen MR) is 77.1 cm³/mol. The molecule has 0 bridgehead atoms. The van der Waals surface area contributed by atoms with Crippen LogP contribution in [-0.2, 0) is 10.0 Å². The minimum atomic E-state index is -3.95. The second-order valence-corrected chi connectivity index (χ2v) is 6.93. The van der Waals surface area contributed by atoms with Crippen molar-refractivity contribution in [1.29, 1.82) is 0 Å². The van der Waals surface area contributed by atoms with Gasteiger partial charge in [-0.2, -0.15) is 4.31 Å². The maximum atomic E-state index is 12.7. The van der Waals surface area contributed by atoms with Crippen LogP contribution < -0.4 is 0 Å². The van der Waals surface area contributed by atoms with Crippen LogP contribution in [0.3, 0.4) is 0 Å². The Morgan fingerprint density at radius 3 is 2.71 bits per heavy atom. The lowest BCUT2D eigenvalue weighted by Crippen LogP contribution is -2.38. The summed E-state index contributed by atoms with van der Waals surface area (Å²) in [5, 5.41) is 18.4. The van der Waals surface area contributed by atoms with Gasteiger partial charge in [-0.05, 0) is 24.6 Å². The summed E-state index contributed by atoms with van der Waals surface area (Å²) in [4.78, 5) is 11.0. The van der Waals surface area contributed by atoms with Crippen LogP contribution in [0.2, 0.25) is 5.02 Å². The molecule has 0 saturated heterocycles. The first-order valence-electron chi connectivity index (χ1n) is 6.12.